The summed E-state index contributed by atoms with van der Waals surface area (Å²) in [5.74, 6) is 0.181. The van der Waals surface area contributed by atoms with Crippen molar-refractivity contribution in [2.24, 2.45) is 11.7 Å². The Morgan fingerprint density at radius 3 is 2.50 bits per heavy atom. The zero-order valence-electron chi connectivity index (χ0n) is 9.75. The van der Waals surface area contributed by atoms with Crippen molar-refractivity contribution in [3.8, 4) is 5.75 Å². The van der Waals surface area contributed by atoms with Gasteiger partial charge in [0.15, 0.2) is 0 Å². The summed E-state index contributed by atoms with van der Waals surface area (Å²) in [4.78, 5) is 0. The topological polar surface area (TPSA) is 59.1 Å². The van der Waals surface area contributed by atoms with E-state index >= 15 is 0 Å². The fourth-order valence-electron chi connectivity index (χ4n) is 1.15. The first kappa shape index (κ1) is 12.5. The van der Waals surface area contributed by atoms with Crippen molar-refractivity contribution in [3.63, 3.8) is 0 Å². The SMILES string of the molecule is CC(C)C(C)Oc1ccc(F)cc1C(=N)N. The number of rotatable bonds is 4. The minimum atomic E-state index is -0.422. The fourth-order valence-corrected chi connectivity index (χ4v) is 1.15. The molecule has 0 spiro atoms. The van der Waals surface area contributed by atoms with Crippen molar-refractivity contribution in [2.45, 2.75) is 26.9 Å². The van der Waals surface area contributed by atoms with E-state index in [-0.39, 0.29) is 11.9 Å². The Labute approximate surface area is 94.9 Å². The lowest BCUT2D eigenvalue weighted by Gasteiger charge is -2.19. The molecule has 1 rings (SSSR count). The van der Waals surface area contributed by atoms with Gasteiger partial charge in [0.25, 0.3) is 0 Å². The predicted molar refractivity (Wildman–Crippen MR) is 62.3 cm³/mol. The summed E-state index contributed by atoms with van der Waals surface area (Å²) in [5.41, 5.74) is 5.67. The number of amidine groups is 1. The van der Waals surface area contributed by atoms with E-state index in [1.165, 1.54) is 18.2 Å². The van der Waals surface area contributed by atoms with E-state index in [0.29, 0.717) is 17.2 Å². The van der Waals surface area contributed by atoms with Crippen molar-refractivity contribution >= 4 is 5.84 Å². The van der Waals surface area contributed by atoms with E-state index in [9.17, 15) is 4.39 Å². The van der Waals surface area contributed by atoms with Crippen LogP contribution in [0, 0.1) is 17.1 Å². The highest BCUT2D eigenvalue weighted by molar-refractivity contribution is 5.97. The van der Waals surface area contributed by atoms with Gasteiger partial charge in [-0.1, -0.05) is 13.8 Å². The number of nitrogen functional groups attached to an aromatic ring is 1. The zero-order valence-corrected chi connectivity index (χ0v) is 9.75. The molecule has 0 radical (unpaired) electrons. The average Bonchev–Trinajstić information content (AvgIpc) is 2.20. The second kappa shape index (κ2) is 4.96. The first-order chi connectivity index (χ1) is 7.41. The Morgan fingerprint density at radius 1 is 1.38 bits per heavy atom. The molecule has 0 saturated heterocycles. The van der Waals surface area contributed by atoms with E-state index in [1.54, 1.807) is 0 Å². The molecule has 0 aromatic heterocycles. The third-order valence-electron chi connectivity index (χ3n) is 2.48. The van der Waals surface area contributed by atoms with Crippen LogP contribution in [-0.2, 0) is 0 Å². The Kier molecular flexibility index (Phi) is 3.88. The molecule has 0 amide bonds. The second-order valence-corrected chi connectivity index (χ2v) is 4.12. The molecule has 0 saturated carbocycles. The number of halogens is 1. The number of nitrogens with two attached hydrogens (primary N) is 1. The predicted octanol–water partition coefficient (Wildman–Crippen LogP) is 2.53. The van der Waals surface area contributed by atoms with Gasteiger partial charge in [-0.15, -0.1) is 0 Å². The summed E-state index contributed by atoms with van der Waals surface area (Å²) in [6.45, 7) is 5.99. The molecule has 3 N–H and O–H groups in total. The van der Waals surface area contributed by atoms with Crippen LogP contribution in [-0.4, -0.2) is 11.9 Å². The minimum absolute atomic E-state index is 0.0106. The molecule has 16 heavy (non-hydrogen) atoms. The first-order valence-electron chi connectivity index (χ1n) is 5.22. The van der Waals surface area contributed by atoms with Crippen molar-refractivity contribution in [1.82, 2.24) is 0 Å². The van der Waals surface area contributed by atoms with E-state index in [1.807, 2.05) is 20.8 Å². The van der Waals surface area contributed by atoms with Crippen molar-refractivity contribution < 1.29 is 9.13 Å². The van der Waals surface area contributed by atoms with Crippen molar-refractivity contribution in [1.29, 1.82) is 5.41 Å². The van der Waals surface area contributed by atoms with E-state index in [0.717, 1.165) is 0 Å². The van der Waals surface area contributed by atoms with Crippen molar-refractivity contribution in [3.05, 3.63) is 29.6 Å². The third kappa shape index (κ3) is 2.95. The molecule has 1 unspecified atom stereocenters. The molecule has 3 nitrogen and oxygen atoms in total. The molecule has 0 heterocycles. The summed E-state index contributed by atoms with van der Waals surface area (Å²) < 4.78 is 18.6. The van der Waals surface area contributed by atoms with E-state index < -0.39 is 5.82 Å². The molecule has 0 fully saturated rings. The standard InChI is InChI=1S/C12H17FN2O/c1-7(2)8(3)16-11-5-4-9(13)6-10(11)12(14)15/h4-8H,1-3H3,(H3,14,15). The lowest BCUT2D eigenvalue weighted by atomic mass is 10.1. The number of ether oxygens (including phenoxy) is 1. The molecular weight excluding hydrogens is 207 g/mol. The third-order valence-corrected chi connectivity index (χ3v) is 2.48. The largest absolute Gasteiger partial charge is 0.490 e. The normalized spacial score (nSPS) is 12.6. The lowest BCUT2D eigenvalue weighted by Crippen LogP contribution is -2.21. The molecule has 0 bridgehead atoms. The first-order valence-corrected chi connectivity index (χ1v) is 5.22. The highest BCUT2D eigenvalue weighted by Gasteiger charge is 2.13. The smallest absolute Gasteiger partial charge is 0.130 e. The highest BCUT2D eigenvalue weighted by Crippen LogP contribution is 2.22. The molecular formula is C12H17FN2O. The van der Waals surface area contributed by atoms with Crippen LogP contribution in [0.2, 0.25) is 0 Å². The summed E-state index contributed by atoms with van der Waals surface area (Å²) in [5, 5.41) is 7.36. The second-order valence-electron chi connectivity index (χ2n) is 4.12. The van der Waals surface area contributed by atoms with Crippen LogP contribution in [0.25, 0.3) is 0 Å². The van der Waals surface area contributed by atoms with Gasteiger partial charge in [-0.05, 0) is 31.0 Å². The molecule has 1 aromatic carbocycles. The molecule has 1 atom stereocenters. The Bertz CT molecular complexity index is 391. The number of hydrogen-bond acceptors (Lipinski definition) is 2. The van der Waals surface area contributed by atoms with Gasteiger partial charge in [-0.25, -0.2) is 4.39 Å². The van der Waals surface area contributed by atoms with Gasteiger partial charge in [0.2, 0.25) is 0 Å². The van der Waals surface area contributed by atoms with Gasteiger partial charge in [0.1, 0.15) is 17.4 Å². The van der Waals surface area contributed by atoms with Crippen LogP contribution >= 0.6 is 0 Å². The highest BCUT2D eigenvalue weighted by atomic mass is 19.1. The average molecular weight is 224 g/mol. The van der Waals surface area contributed by atoms with Crippen LogP contribution < -0.4 is 10.5 Å². The molecule has 0 aliphatic rings. The monoisotopic (exact) mass is 224 g/mol. The Hall–Kier alpha value is -1.58. The minimum Gasteiger partial charge on any atom is -0.490 e. The molecule has 1 aromatic rings. The zero-order chi connectivity index (χ0) is 12.3. The van der Waals surface area contributed by atoms with Gasteiger partial charge in [0, 0.05) is 0 Å². The van der Waals surface area contributed by atoms with Crippen LogP contribution in [0.4, 0.5) is 4.39 Å². The summed E-state index contributed by atoms with van der Waals surface area (Å²) in [7, 11) is 0. The van der Waals surface area contributed by atoms with Gasteiger partial charge in [-0.2, -0.15) is 0 Å². The summed E-state index contributed by atoms with van der Waals surface area (Å²) in [6, 6.07) is 4.02. The molecule has 4 heteroatoms. The Balaban J connectivity index is 2.99. The number of nitrogens with one attached hydrogen (secondary N) is 1. The number of hydrogen-bond donors (Lipinski definition) is 2. The summed E-state index contributed by atoms with van der Waals surface area (Å²) >= 11 is 0. The van der Waals surface area contributed by atoms with E-state index in [4.69, 9.17) is 15.9 Å². The van der Waals surface area contributed by atoms with Crippen molar-refractivity contribution in [2.75, 3.05) is 0 Å². The van der Waals surface area contributed by atoms with Gasteiger partial charge in [-0.3, -0.25) is 5.41 Å². The van der Waals surface area contributed by atoms with Gasteiger partial charge in [0.05, 0.1) is 11.7 Å². The van der Waals surface area contributed by atoms with Gasteiger partial charge < -0.3 is 10.5 Å². The van der Waals surface area contributed by atoms with E-state index in [2.05, 4.69) is 0 Å². The maximum absolute atomic E-state index is 13.0. The number of benzene rings is 1. The molecule has 88 valence electrons. The van der Waals surface area contributed by atoms with Gasteiger partial charge >= 0.3 is 0 Å². The van der Waals surface area contributed by atoms with Crippen LogP contribution in [0.3, 0.4) is 0 Å². The lowest BCUT2D eigenvalue weighted by molar-refractivity contribution is 0.170. The van der Waals surface area contributed by atoms with Crippen LogP contribution in [0.5, 0.6) is 5.75 Å². The molecule has 0 aliphatic heterocycles. The molecule has 0 aliphatic carbocycles. The fraction of sp³-hybridized carbons (Fsp3) is 0.417. The quantitative estimate of drug-likeness (QED) is 0.610. The maximum Gasteiger partial charge on any atom is 0.130 e. The van der Waals surface area contributed by atoms with Crippen LogP contribution in [0.1, 0.15) is 26.3 Å². The summed E-state index contributed by atoms with van der Waals surface area (Å²) in [6.07, 6.45) is -0.0106. The Morgan fingerprint density at radius 2 is 2.00 bits per heavy atom. The maximum atomic E-state index is 13.0. The van der Waals surface area contributed by atoms with Crippen LogP contribution in [0.15, 0.2) is 18.2 Å².